The van der Waals surface area contributed by atoms with Crippen molar-refractivity contribution in [1.82, 2.24) is 40.0 Å². The van der Waals surface area contributed by atoms with Gasteiger partial charge in [0.15, 0.2) is 6.61 Å². The van der Waals surface area contributed by atoms with Crippen LogP contribution in [0.25, 0.3) is 27.6 Å². The maximum absolute atomic E-state index is 13.7. The molecule has 7 rings (SSSR count). The predicted octanol–water partition coefficient (Wildman–Crippen LogP) is 6.00. The molecule has 0 radical (unpaired) electrons. The lowest BCUT2D eigenvalue weighted by Crippen LogP contribution is -2.52. The molecule has 296 valence electrons. The minimum absolute atomic E-state index is 0.0472. The van der Waals surface area contributed by atoms with Crippen LogP contribution in [-0.4, -0.2) is 126 Å². The fourth-order valence-corrected chi connectivity index (χ4v) is 8.85. The monoisotopic (exact) mass is 790 g/mol. The van der Waals surface area contributed by atoms with Gasteiger partial charge in [0, 0.05) is 106 Å². The van der Waals surface area contributed by atoms with Crippen LogP contribution in [0.5, 0.6) is 5.75 Å². The number of hydrogen-bond acceptors (Lipinski definition) is 13. The van der Waals surface area contributed by atoms with Gasteiger partial charge in [-0.2, -0.15) is 23.1 Å². The molecule has 0 bridgehead atoms. The van der Waals surface area contributed by atoms with E-state index in [0.29, 0.717) is 74.8 Å². The minimum Gasteiger partial charge on any atom is -0.482 e. The number of ether oxygens (including phenoxy) is 1. The number of aromatic nitrogens is 5. The smallest absolute Gasteiger partial charge is 0.422 e. The van der Waals surface area contributed by atoms with E-state index in [1.165, 1.54) is 6.21 Å². The van der Waals surface area contributed by atoms with Crippen LogP contribution in [0, 0.1) is 5.41 Å². The first-order valence-electron chi connectivity index (χ1n) is 18.4. The molecule has 5 aromatic rings. The second kappa shape index (κ2) is 16.1. The van der Waals surface area contributed by atoms with Crippen LogP contribution in [0.15, 0.2) is 55.1 Å². The molecular formula is C38H46F3N12O2P. The Labute approximate surface area is 322 Å². The molecular weight excluding hydrogens is 744 g/mol. The number of nitrogens with zero attached hydrogens (tertiary/aromatic N) is 7. The molecule has 5 N–H and O–H groups in total. The first kappa shape index (κ1) is 39.0. The number of H-pyrrole nitrogens is 1. The summed E-state index contributed by atoms with van der Waals surface area (Å²) in [4.78, 5) is 28.4. The van der Waals surface area contributed by atoms with E-state index in [2.05, 4.69) is 57.6 Å². The molecule has 0 unspecified atom stereocenters. The molecule has 5 heterocycles. The number of aromatic amines is 1. The van der Waals surface area contributed by atoms with Gasteiger partial charge in [-0.3, -0.25) is 14.9 Å². The van der Waals surface area contributed by atoms with Gasteiger partial charge in [-0.15, -0.1) is 0 Å². The molecule has 14 nitrogen and oxygen atoms in total. The Balaban J connectivity index is 1.27. The number of anilines is 5. The van der Waals surface area contributed by atoms with E-state index in [9.17, 15) is 17.7 Å². The SMILES string of the molecule is CN/C=C(\C=N)c1cc(Nc2nc(Nc3ccc4nccnc4c3P(C)(C)=O)c3cc[nH]c3n2)c(OCC(F)(F)F)cc1N1CCC(N2CCN(C)CC2)CC1. The number of nitrogens with one attached hydrogen (secondary N) is 5. The number of halogens is 3. The van der Waals surface area contributed by atoms with E-state index in [4.69, 9.17) is 15.1 Å². The van der Waals surface area contributed by atoms with Crippen LogP contribution in [0.4, 0.5) is 42.0 Å². The molecule has 2 aliphatic heterocycles. The second-order valence-corrected chi connectivity index (χ2v) is 17.6. The third-order valence-corrected chi connectivity index (χ3v) is 11.7. The van der Waals surface area contributed by atoms with Gasteiger partial charge in [0.25, 0.3) is 0 Å². The van der Waals surface area contributed by atoms with Gasteiger partial charge in [0.05, 0.1) is 27.6 Å². The molecule has 2 fully saturated rings. The molecule has 0 atom stereocenters. The fraction of sp³-hybridized carbons (Fsp3) is 0.395. The average molecular weight is 791 g/mol. The largest absolute Gasteiger partial charge is 0.482 e. The van der Waals surface area contributed by atoms with E-state index in [1.807, 2.05) is 0 Å². The van der Waals surface area contributed by atoms with Crippen LogP contribution in [0.1, 0.15) is 18.4 Å². The first-order valence-corrected chi connectivity index (χ1v) is 21.0. The highest BCUT2D eigenvalue weighted by Crippen LogP contribution is 2.42. The van der Waals surface area contributed by atoms with Crippen molar-refractivity contribution in [2.24, 2.45) is 0 Å². The number of hydrogen-bond donors (Lipinski definition) is 5. The topological polar surface area (TPSA) is 163 Å². The lowest BCUT2D eigenvalue weighted by Gasteiger charge is -2.43. The third-order valence-electron chi connectivity index (χ3n) is 10.2. The Morgan fingerprint density at radius 2 is 1.77 bits per heavy atom. The number of piperazine rings is 1. The number of fused-ring (bicyclic) bond motifs is 2. The van der Waals surface area contributed by atoms with Crippen LogP contribution in [-0.2, 0) is 4.57 Å². The molecule has 0 saturated carbocycles. The van der Waals surface area contributed by atoms with E-state index in [1.54, 1.807) is 75.5 Å². The van der Waals surface area contributed by atoms with Crippen molar-refractivity contribution in [2.75, 3.05) is 88.8 Å². The standard InChI is InChI=1S/C38H46F3N12O2P/c1-43-22-24(21-42)27-19-30(32(55-23-38(39,40)41)20-31(27)53-13-8-25(9-14-53)52-17-15-51(2)16-18-52)48-37-49-35-26(7-10-46-35)36(50-37)47-29-6-5-28-33(45-12-11-44-28)34(29)56(3,4)54/h5-7,10-12,19-22,25,42-43H,8-9,13-18,23H2,1-4H3,(H3,46,47,48,49,50)/b24-22+,42-21?. The number of piperidine rings is 1. The van der Waals surface area contributed by atoms with Crippen molar-refractivity contribution < 1.29 is 22.5 Å². The van der Waals surface area contributed by atoms with Gasteiger partial charge in [0.1, 0.15) is 29.9 Å². The molecule has 18 heteroatoms. The maximum atomic E-state index is 13.7. The van der Waals surface area contributed by atoms with Crippen molar-refractivity contribution in [1.29, 1.82) is 5.41 Å². The van der Waals surface area contributed by atoms with Gasteiger partial charge in [-0.05, 0) is 57.5 Å². The van der Waals surface area contributed by atoms with Crippen molar-refractivity contribution >= 4 is 75.1 Å². The van der Waals surface area contributed by atoms with Gasteiger partial charge >= 0.3 is 6.18 Å². The summed E-state index contributed by atoms with van der Waals surface area (Å²) in [6.45, 7) is 7.24. The highest BCUT2D eigenvalue weighted by molar-refractivity contribution is 7.71. The Morgan fingerprint density at radius 1 is 1.02 bits per heavy atom. The summed E-state index contributed by atoms with van der Waals surface area (Å²) < 4.78 is 60.3. The Hall–Kier alpha value is -5.25. The average Bonchev–Trinajstić information content (AvgIpc) is 3.65. The summed E-state index contributed by atoms with van der Waals surface area (Å²) in [7, 11) is 0.947. The number of benzene rings is 2. The van der Waals surface area contributed by atoms with Crippen LogP contribution < -0.4 is 30.9 Å². The van der Waals surface area contributed by atoms with Gasteiger partial charge in [0.2, 0.25) is 5.95 Å². The number of allylic oxidation sites excluding steroid dienone is 1. The number of likely N-dealkylation sites (N-methyl/N-ethyl adjacent to an activating group) is 1. The quantitative estimate of drug-likeness (QED) is 0.0741. The van der Waals surface area contributed by atoms with Gasteiger partial charge in [-0.1, -0.05) is 0 Å². The highest BCUT2D eigenvalue weighted by atomic mass is 31.2. The lowest BCUT2D eigenvalue weighted by atomic mass is 9.98. The zero-order chi connectivity index (χ0) is 39.6. The summed E-state index contributed by atoms with van der Waals surface area (Å²) in [5, 5.41) is 18.9. The van der Waals surface area contributed by atoms with Crippen molar-refractivity contribution in [3.63, 3.8) is 0 Å². The van der Waals surface area contributed by atoms with Crippen molar-refractivity contribution in [3.8, 4) is 5.75 Å². The summed E-state index contributed by atoms with van der Waals surface area (Å²) in [6.07, 6.45) is 4.90. The van der Waals surface area contributed by atoms with E-state index in [-0.39, 0.29) is 17.4 Å². The highest BCUT2D eigenvalue weighted by Gasteiger charge is 2.32. The van der Waals surface area contributed by atoms with E-state index < -0.39 is 19.9 Å². The molecule has 56 heavy (non-hydrogen) atoms. The van der Waals surface area contributed by atoms with Crippen LogP contribution >= 0.6 is 7.14 Å². The molecule has 0 amide bonds. The molecule has 3 aromatic heterocycles. The predicted molar refractivity (Wildman–Crippen MR) is 217 cm³/mol. The maximum Gasteiger partial charge on any atom is 0.422 e. The van der Waals surface area contributed by atoms with E-state index >= 15 is 0 Å². The van der Waals surface area contributed by atoms with Gasteiger partial charge in [-0.25, -0.2) is 0 Å². The van der Waals surface area contributed by atoms with Crippen molar-refractivity contribution in [3.05, 3.63) is 60.7 Å². The zero-order valence-corrected chi connectivity index (χ0v) is 32.6. The molecule has 0 spiro atoms. The van der Waals surface area contributed by atoms with E-state index in [0.717, 1.165) is 39.0 Å². The summed E-state index contributed by atoms with van der Waals surface area (Å²) in [5.41, 5.74) is 4.03. The normalized spacial score (nSPS) is 16.7. The first-order chi connectivity index (χ1) is 26.8. The summed E-state index contributed by atoms with van der Waals surface area (Å²) in [6, 6.07) is 9.05. The summed E-state index contributed by atoms with van der Waals surface area (Å²) >= 11 is 0. The lowest BCUT2D eigenvalue weighted by molar-refractivity contribution is -0.153. The molecule has 2 aliphatic rings. The third kappa shape index (κ3) is 8.59. The molecule has 2 aromatic carbocycles. The minimum atomic E-state index is -4.60. The zero-order valence-electron chi connectivity index (χ0n) is 31.7. The fourth-order valence-electron chi connectivity index (χ4n) is 7.46. The molecule has 2 saturated heterocycles. The second-order valence-electron chi connectivity index (χ2n) is 14.5. The molecule has 0 aliphatic carbocycles. The Morgan fingerprint density at radius 3 is 2.46 bits per heavy atom. The summed E-state index contributed by atoms with van der Waals surface area (Å²) in [5.74, 6) is 0.358. The van der Waals surface area contributed by atoms with Gasteiger partial charge < -0.3 is 45.4 Å². The number of rotatable bonds is 12. The van der Waals surface area contributed by atoms with Crippen LogP contribution in [0.3, 0.4) is 0 Å². The Kier molecular flexibility index (Phi) is 11.2. The Bertz CT molecular complexity index is 2290. The van der Waals surface area contributed by atoms with Crippen molar-refractivity contribution in [2.45, 2.75) is 25.1 Å². The van der Waals surface area contributed by atoms with Crippen LogP contribution in [0.2, 0.25) is 0 Å². The number of alkyl halides is 3.